The molecule has 0 aliphatic heterocycles. The molecule has 0 saturated carbocycles. The number of ether oxygens (including phenoxy) is 3. The Bertz CT molecular complexity index is 740. The van der Waals surface area contributed by atoms with E-state index in [0.29, 0.717) is 23.1 Å². The van der Waals surface area contributed by atoms with Gasteiger partial charge in [-0.2, -0.15) is 0 Å². The van der Waals surface area contributed by atoms with Gasteiger partial charge in [0.15, 0.2) is 6.61 Å². The van der Waals surface area contributed by atoms with Crippen molar-refractivity contribution in [3.63, 3.8) is 0 Å². The van der Waals surface area contributed by atoms with Crippen molar-refractivity contribution in [2.24, 2.45) is 0 Å². The van der Waals surface area contributed by atoms with Crippen molar-refractivity contribution in [2.45, 2.75) is 26.7 Å². The predicted octanol–water partition coefficient (Wildman–Crippen LogP) is 4.15. The fraction of sp³-hybridized carbons (Fsp3) is 0.350. The van der Waals surface area contributed by atoms with Crippen LogP contribution in [0.15, 0.2) is 36.4 Å². The van der Waals surface area contributed by atoms with Crippen LogP contribution in [0.1, 0.15) is 30.9 Å². The summed E-state index contributed by atoms with van der Waals surface area (Å²) in [6.07, 6.45) is 0. The number of carbonyl (C=O) groups is 1. The van der Waals surface area contributed by atoms with E-state index >= 15 is 0 Å². The van der Waals surface area contributed by atoms with Crippen LogP contribution < -0.4 is 19.5 Å². The maximum atomic E-state index is 12.3. The van der Waals surface area contributed by atoms with Gasteiger partial charge < -0.3 is 19.5 Å². The van der Waals surface area contributed by atoms with E-state index in [9.17, 15) is 4.79 Å². The van der Waals surface area contributed by atoms with Gasteiger partial charge in [-0.3, -0.25) is 4.79 Å². The number of amides is 1. The Labute approximate surface area is 148 Å². The maximum Gasteiger partial charge on any atom is 0.262 e. The smallest absolute Gasteiger partial charge is 0.262 e. The van der Waals surface area contributed by atoms with E-state index in [2.05, 4.69) is 25.2 Å². The second kappa shape index (κ2) is 8.42. The number of carbonyl (C=O) groups excluding carboxylic acids is 1. The average molecular weight is 343 g/mol. The summed E-state index contributed by atoms with van der Waals surface area (Å²) in [6, 6.07) is 11.3. The summed E-state index contributed by atoms with van der Waals surface area (Å²) in [5.41, 5.74) is 2.72. The molecule has 2 aromatic rings. The largest absolute Gasteiger partial charge is 0.497 e. The van der Waals surface area contributed by atoms with Gasteiger partial charge in [0.1, 0.15) is 17.2 Å². The Morgan fingerprint density at radius 1 is 1.04 bits per heavy atom. The third-order valence-corrected chi connectivity index (χ3v) is 3.92. The zero-order chi connectivity index (χ0) is 18.4. The van der Waals surface area contributed by atoms with Crippen LogP contribution in [-0.4, -0.2) is 26.7 Å². The third-order valence-electron chi connectivity index (χ3n) is 3.92. The van der Waals surface area contributed by atoms with Gasteiger partial charge in [-0.1, -0.05) is 26.0 Å². The van der Waals surface area contributed by atoms with E-state index < -0.39 is 0 Å². The lowest BCUT2D eigenvalue weighted by atomic mass is 10.0. The molecule has 0 unspecified atom stereocenters. The molecule has 0 spiro atoms. The van der Waals surface area contributed by atoms with Gasteiger partial charge in [0.05, 0.1) is 19.9 Å². The lowest BCUT2D eigenvalue weighted by molar-refractivity contribution is -0.118. The molecule has 25 heavy (non-hydrogen) atoms. The number of hydrogen-bond donors (Lipinski definition) is 1. The summed E-state index contributed by atoms with van der Waals surface area (Å²) in [5.74, 6) is 2.06. The van der Waals surface area contributed by atoms with Crippen LogP contribution in [-0.2, 0) is 4.79 Å². The van der Waals surface area contributed by atoms with Crippen LogP contribution in [0.4, 0.5) is 5.69 Å². The highest BCUT2D eigenvalue weighted by atomic mass is 16.5. The standard InChI is InChI=1S/C20H25NO4/c1-13(2)15-7-6-14(3)19(10-15)25-12-20(22)21-17-11-16(23-4)8-9-18(17)24-5/h6-11,13H,12H2,1-5H3,(H,21,22). The van der Waals surface area contributed by atoms with Gasteiger partial charge in [-0.05, 0) is 42.2 Å². The number of benzene rings is 2. The van der Waals surface area contributed by atoms with Crippen molar-refractivity contribution in [1.82, 2.24) is 0 Å². The highest BCUT2D eigenvalue weighted by molar-refractivity contribution is 5.93. The quantitative estimate of drug-likeness (QED) is 0.820. The summed E-state index contributed by atoms with van der Waals surface area (Å²) in [7, 11) is 3.12. The highest BCUT2D eigenvalue weighted by Crippen LogP contribution is 2.29. The van der Waals surface area contributed by atoms with Gasteiger partial charge in [-0.15, -0.1) is 0 Å². The molecule has 2 rings (SSSR count). The number of aryl methyl sites for hydroxylation is 1. The Morgan fingerprint density at radius 3 is 2.44 bits per heavy atom. The summed E-state index contributed by atoms with van der Waals surface area (Å²) in [4.78, 5) is 12.3. The van der Waals surface area contributed by atoms with Gasteiger partial charge in [0.25, 0.3) is 5.91 Å². The molecule has 0 heterocycles. The zero-order valence-electron chi connectivity index (χ0n) is 15.4. The fourth-order valence-electron chi connectivity index (χ4n) is 2.37. The zero-order valence-corrected chi connectivity index (χ0v) is 15.4. The minimum absolute atomic E-state index is 0.0806. The van der Waals surface area contributed by atoms with Crippen molar-refractivity contribution >= 4 is 11.6 Å². The number of nitrogens with one attached hydrogen (secondary N) is 1. The first kappa shape index (κ1) is 18.6. The minimum Gasteiger partial charge on any atom is -0.497 e. The molecule has 0 saturated heterocycles. The Morgan fingerprint density at radius 2 is 1.80 bits per heavy atom. The van der Waals surface area contributed by atoms with E-state index in [1.165, 1.54) is 5.56 Å². The van der Waals surface area contributed by atoms with Gasteiger partial charge >= 0.3 is 0 Å². The van der Waals surface area contributed by atoms with Gasteiger partial charge in [0.2, 0.25) is 0 Å². The lowest BCUT2D eigenvalue weighted by Crippen LogP contribution is -2.20. The second-order valence-corrected chi connectivity index (χ2v) is 6.08. The van der Waals surface area contributed by atoms with Crippen LogP contribution in [0.3, 0.4) is 0 Å². The number of anilines is 1. The highest BCUT2D eigenvalue weighted by Gasteiger charge is 2.11. The molecule has 0 aliphatic carbocycles. The number of rotatable bonds is 7. The number of methoxy groups -OCH3 is 2. The van der Waals surface area contributed by atoms with Gasteiger partial charge in [-0.25, -0.2) is 0 Å². The Kier molecular flexibility index (Phi) is 6.28. The van der Waals surface area contributed by atoms with Crippen molar-refractivity contribution in [1.29, 1.82) is 0 Å². The molecular weight excluding hydrogens is 318 g/mol. The van der Waals surface area contributed by atoms with E-state index in [4.69, 9.17) is 14.2 Å². The van der Waals surface area contributed by atoms with Crippen molar-refractivity contribution in [2.75, 3.05) is 26.1 Å². The fourth-order valence-corrected chi connectivity index (χ4v) is 2.37. The van der Waals surface area contributed by atoms with Crippen LogP contribution in [0.2, 0.25) is 0 Å². The van der Waals surface area contributed by atoms with Crippen LogP contribution in [0.25, 0.3) is 0 Å². The SMILES string of the molecule is COc1ccc(OC)c(NC(=O)COc2cc(C(C)C)ccc2C)c1. The maximum absolute atomic E-state index is 12.3. The first-order valence-electron chi connectivity index (χ1n) is 8.19. The topological polar surface area (TPSA) is 56.8 Å². The Balaban J connectivity index is 2.05. The molecule has 0 aliphatic rings. The van der Waals surface area contributed by atoms with Crippen LogP contribution >= 0.6 is 0 Å². The number of hydrogen-bond acceptors (Lipinski definition) is 4. The summed E-state index contributed by atoms with van der Waals surface area (Å²) < 4.78 is 16.1. The lowest BCUT2D eigenvalue weighted by Gasteiger charge is -2.14. The van der Waals surface area contributed by atoms with Gasteiger partial charge in [0, 0.05) is 6.07 Å². The molecule has 0 atom stereocenters. The third kappa shape index (κ3) is 4.89. The molecule has 1 amide bonds. The normalized spacial score (nSPS) is 10.5. The average Bonchev–Trinajstić information content (AvgIpc) is 2.60. The Hall–Kier alpha value is -2.69. The monoisotopic (exact) mass is 343 g/mol. The molecule has 0 radical (unpaired) electrons. The second-order valence-electron chi connectivity index (χ2n) is 6.08. The molecule has 0 aromatic heterocycles. The first-order chi connectivity index (χ1) is 11.9. The molecular formula is C20H25NO4. The van der Waals surface area contributed by atoms with E-state index in [1.54, 1.807) is 32.4 Å². The molecule has 5 heteroatoms. The summed E-state index contributed by atoms with van der Waals surface area (Å²) in [6.45, 7) is 6.12. The van der Waals surface area contributed by atoms with Crippen LogP contribution in [0, 0.1) is 6.92 Å². The van der Waals surface area contributed by atoms with E-state index in [1.807, 2.05) is 19.1 Å². The predicted molar refractivity (Wildman–Crippen MR) is 98.9 cm³/mol. The van der Waals surface area contributed by atoms with Crippen LogP contribution in [0.5, 0.6) is 17.2 Å². The molecule has 0 bridgehead atoms. The summed E-state index contributed by atoms with van der Waals surface area (Å²) in [5, 5.41) is 2.79. The van der Waals surface area contributed by atoms with Crippen molar-refractivity contribution in [3.05, 3.63) is 47.5 Å². The molecule has 134 valence electrons. The minimum atomic E-state index is -0.263. The van der Waals surface area contributed by atoms with E-state index in [0.717, 1.165) is 11.3 Å². The van der Waals surface area contributed by atoms with Crippen molar-refractivity contribution < 1.29 is 19.0 Å². The molecule has 2 aromatic carbocycles. The molecule has 5 nitrogen and oxygen atoms in total. The molecule has 0 fully saturated rings. The molecule has 1 N–H and O–H groups in total. The first-order valence-corrected chi connectivity index (χ1v) is 8.19. The van der Waals surface area contributed by atoms with E-state index in [-0.39, 0.29) is 12.5 Å². The van der Waals surface area contributed by atoms with Crippen molar-refractivity contribution in [3.8, 4) is 17.2 Å². The summed E-state index contributed by atoms with van der Waals surface area (Å²) >= 11 is 0.